The molecule has 4 N–H and O–H groups in total. The normalized spacial score (nSPS) is 26.9. The number of piperazine rings is 1. The van der Waals surface area contributed by atoms with Crippen LogP contribution in [0, 0.1) is 16.7 Å². The van der Waals surface area contributed by atoms with Crippen molar-refractivity contribution in [2.24, 2.45) is 16.7 Å². The maximum absolute atomic E-state index is 14.8. The van der Waals surface area contributed by atoms with Crippen molar-refractivity contribution in [2.45, 2.75) is 140 Å². The Morgan fingerprint density at radius 1 is 0.671 bits per heavy atom. The SMILES string of the molecule is CC[C@@H](C)C(=O)N[C@H]1CCS[C@H]2CC(C)(C)[C@@H](C(=O)N[C@H](C(=O)N3CCN(C(=O)[C@@H](CC(=O)C4N5C(=O)[C@@H](NC(=O)[C@H](C)NC)CCS[C@H]5CC4(C)C)c4ccccc4)CC3)c3ccccc3)N2C1=O. The number of carbonyl (C=O) groups is 8. The molecule has 18 heteroatoms. The van der Waals surface area contributed by atoms with Crippen LogP contribution in [0.3, 0.4) is 0 Å². The first-order valence-electron chi connectivity index (χ1n) is 24.9. The van der Waals surface area contributed by atoms with Crippen molar-refractivity contribution in [1.82, 2.24) is 40.9 Å². The van der Waals surface area contributed by atoms with Gasteiger partial charge in [-0.3, -0.25) is 38.4 Å². The van der Waals surface area contributed by atoms with Gasteiger partial charge in [-0.15, -0.1) is 23.5 Å². The summed E-state index contributed by atoms with van der Waals surface area (Å²) in [6.07, 6.45) is 2.53. The van der Waals surface area contributed by atoms with Crippen LogP contribution in [0.5, 0.6) is 0 Å². The molecule has 5 aliphatic heterocycles. The summed E-state index contributed by atoms with van der Waals surface area (Å²) >= 11 is 3.23. The lowest BCUT2D eigenvalue weighted by Gasteiger charge is -2.39. The molecule has 1 unspecified atom stereocenters. The molecule has 5 fully saturated rings. The van der Waals surface area contributed by atoms with Crippen LogP contribution in [0.4, 0.5) is 0 Å². The van der Waals surface area contributed by atoms with E-state index in [2.05, 4.69) is 21.3 Å². The first-order valence-corrected chi connectivity index (χ1v) is 27.0. The Labute approximate surface area is 421 Å². The highest BCUT2D eigenvalue weighted by Crippen LogP contribution is 2.48. The van der Waals surface area contributed by atoms with Crippen LogP contribution in [0.2, 0.25) is 0 Å². The van der Waals surface area contributed by atoms with Crippen LogP contribution in [0.15, 0.2) is 60.7 Å². The largest absolute Gasteiger partial charge is 0.344 e. The zero-order chi connectivity index (χ0) is 50.7. The van der Waals surface area contributed by atoms with Crippen molar-refractivity contribution in [3.63, 3.8) is 0 Å². The highest BCUT2D eigenvalue weighted by atomic mass is 32.2. The molecule has 16 nitrogen and oxygen atoms in total. The Hall–Kier alpha value is -4.94. The van der Waals surface area contributed by atoms with Crippen LogP contribution in [0.1, 0.15) is 110 Å². The second-order valence-electron chi connectivity index (χ2n) is 21.0. The molecule has 7 rings (SSSR count). The molecule has 0 spiro atoms. The van der Waals surface area contributed by atoms with Gasteiger partial charge < -0.3 is 40.9 Å². The van der Waals surface area contributed by atoms with Gasteiger partial charge in [-0.1, -0.05) is 102 Å². The van der Waals surface area contributed by atoms with Crippen LogP contribution in [-0.4, -0.2) is 152 Å². The fourth-order valence-corrected chi connectivity index (χ4v) is 13.9. The number of fused-ring (bicyclic) bond motifs is 2. The van der Waals surface area contributed by atoms with Crippen LogP contribution in [0.25, 0.3) is 0 Å². The number of carbonyl (C=O) groups excluding carboxylic acids is 8. The Morgan fingerprint density at radius 3 is 1.66 bits per heavy atom. The molecule has 2 aromatic rings. The van der Waals surface area contributed by atoms with Gasteiger partial charge in [0.1, 0.15) is 24.2 Å². The van der Waals surface area contributed by atoms with Gasteiger partial charge >= 0.3 is 0 Å². The lowest BCUT2D eigenvalue weighted by molar-refractivity contribution is -0.147. The summed E-state index contributed by atoms with van der Waals surface area (Å²) < 4.78 is 0. The Morgan fingerprint density at radius 2 is 1.14 bits per heavy atom. The number of rotatable bonds is 15. The van der Waals surface area contributed by atoms with Gasteiger partial charge in [-0.05, 0) is 79.5 Å². The van der Waals surface area contributed by atoms with Crippen molar-refractivity contribution in [3.05, 3.63) is 71.8 Å². The summed E-state index contributed by atoms with van der Waals surface area (Å²) in [7, 11) is 1.68. The summed E-state index contributed by atoms with van der Waals surface area (Å²) in [5.74, 6) is -2.20. The second kappa shape index (κ2) is 22.2. The predicted molar refractivity (Wildman–Crippen MR) is 271 cm³/mol. The van der Waals surface area contributed by atoms with Gasteiger partial charge in [0.15, 0.2) is 5.78 Å². The highest BCUT2D eigenvalue weighted by Gasteiger charge is 2.56. The zero-order valence-corrected chi connectivity index (χ0v) is 43.5. The number of hydrogen-bond donors (Lipinski definition) is 4. The summed E-state index contributed by atoms with van der Waals surface area (Å²) in [5, 5.41) is 11.3. The highest BCUT2D eigenvalue weighted by molar-refractivity contribution is 8.00. The van der Waals surface area contributed by atoms with Gasteiger partial charge in [0.05, 0.1) is 28.7 Å². The molecule has 5 heterocycles. The number of ketones is 1. The van der Waals surface area contributed by atoms with E-state index in [0.29, 0.717) is 54.7 Å². The average Bonchev–Trinajstić information content (AvgIpc) is 3.67. The van der Waals surface area contributed by atoms with Crippen molar-refractivity contribution >= 4 is 70.7 Å². The van der Waals surface area contributed by atoms with Gasteiger partial charge in [0, 0.05) is 38.5 Å². The summed E-state index contributed by atoms with van der Waals surface area (Å²) in [6.45, 7) is 14.1. The average molecular weight is 1000 g/mol. The van der Waals surface area contributed by atoms with Crippen LogP contribution in [-0.2, 0) is 38.4 Å². The molecule has 0 aromatic heterocycles. The number of benzene rings is 2. The molecule has 5 saturated heterocycles. The van der Waals surface area contributed by atoms with E-state index in [4.69, 9.17) is 0 Å². The third kappa shape index (κ3) is 11.2. The topological polar surface area (TPSA) is 198 Å². The smallest absolute Gasteiger partial charge is 0.249 e. The number of thioether (sulfide) groups is 2. The number of amides is 7. The fourth-order valence-electron chi connectivity index (χ4n) is 10.8. The summed E-state index contributed by atoms with van der Waals surface area (Å²) in [6, 6.07) is 13.3. The molecule has 0 aliphatic carbocycles. The molecule has 0 saturated carbocycles. The Bertz CT molecular complexity index is 2120. The lowest BCUT2D eigenvalue weighted by Crippen LogP contribution is -2.59. The molecular weight excluding hydrogens is 929 g/mol. The third-order valence-electron chi connectivity index (χ3n) is 15.1. The molecule has 5 aliphatic rings. The van der Waals surface area contributed by atoms with E-state index in [9.17, 15) is 38.4 Å². The quantitative estimate of drug-likeness (QED) is 0.201. The lowest BCUT2D eigenvalue weighted by atomic mass is 9.79. The molecule has 7 amide bonds. The number of hydrogen-bond acceptors (Lipinski definition) is 11. The monoisotopic (exact) mass is 1000 g/mol. The second-order valence-corrected chi connectivity index (χ2v) is 23.6. The third-order valence-corrected chi connectivity index (χ3v) is 17.6. The van der Waals surface area contributed by atoms with E-state index < -0.39 is 58.9 Å². The first-order chi connectivity index (χ1) is 33.3. The minimum Gasteiger partial charge on any atom is -0.344 e. The summed E-state index contributed by atoms with van der Waals surface area (Å²) in [4.78, 5) is 120. The Balaban J connectivity index is 1.06. The van der Waals surface area contributed by atoms with E-state index in [-0.39, 0.29) is 90.5 Å². The van der Waals surface area contributed by atoms with Gasteiger partial charge in [-0.25, -0.2) is 0 Å². The molecule has 0 bridgehead atoms. The summed E-state index contributed by atoms with van der Waals surface area (Å²) in [5.41, 5.74) is 0.00188. The molecule has 380 valence electrons. The van der Waals surface area contributed by atoms with Crippen molar-refractivity contribution in [3.8, 4) is 0 Å². The molecule has 10 atom stereocenters. The van der Waals surface area contributed by atoms with Gasteiger partial charge in [0.25, 0.3) is 0 Å². The number of nitrogens with zero attached hydrogens (tertiary/aromatic N) is 4. The van der Waals surface area contributed by atoms with Crippen molar-refractivity contribution < 1.29 is 38.4 Å². The number of likely N-dealkylation sites (N-methyl/N-ethyl adjacent to an activating group) is 1. The van der Waals surface area contributed by atoms with Gasteiger partial charge in [-0.2, -0.15) is 0 Å². The predicted octanol–water partition coefficient (Wildman–Crippen LogP) is 4.06. The van der Waals surface area contributed by atoms with Crippen molar-refractivity contribution in [2.75, 3.05) is 44.7 Å². The minimum absolute atomic E-state index is 0.144. The van der Waals surface area contributed by atoms with Gasteiger partial charge in [0.2, 0.25) is 41.4 Å². The Kier molecular flexibility index (Phi) is 16.8. The van der Waals surface area contributed by atoms with E-state index >= 15 is 0 Å². The van der Waals surface area contributed by atoms with Crippen LogP contribution >= 0.6 is 23.5 Å². The van der Waals surface area contributed by atoms with E-state index in [1.54, 1.807) is 81.4 Å². The molecule has 70 heavy (non-hydrogen) atoms. The van der Waals surface area contributed by atoms with E-state index in [1.807, 2.05) is 77.9 Å². The fraction of sp³-hybridized carbons (Fsp3) is 0.615. The first kappa shape index (κ1) is 52.9. The maximum Gasteiger partial charge on any atom is 0.249 e. The molecular formula is C52H72N8O8S2. The molecule has 0 radical (unpaired) electrons. The van der Waals surface area contributed by atoms with E-state index in [0.717, 1.165) is 0 Å². The van der Waals surface area contributed by atoms with Crippen LogP contribution < -0.4 is 21.3 Å². The van der Waals surface area contributed by atoms with E-state index in [1.165, 1.54) is 0 Å². The number of nitrogens with one attached hydrogen (secondary N) is 4. The number of Topliss-reactive ketones (excluding diaryl/α,β-unsaturated/α-hetero) is 1. The molecule has 2 aromatic carbocycles. The minimum atomic E-state index is -1.09. The standard InChI is InChI=1S/C52H72N8O8S2/c1-9-31(2)44(62)54-36-20-26-70-40-30-52(6,7)43(60(40)49(36)67)46(64)56-41(34-18-14-11-15-19-34)50(68)58-24-22-57(23-25-58)47(65)35(33-16-12-10-13-17-33)28-38(61)42-51(4,5)29-39-59(42)48(66)37(21-27-69-39)55-45(63)32(3)53-8/h10-19,31-32,35-37,39-43,53H,9,20-30H2,1-8H3,(H,54,62)(H,55,63)(H,56,64)/t31-,32+,35+,36+,37+,39+,40+,41+,42?,43-/m1/s1. The van der Waals surface area contributed by atoms with Crippen molar-refractivity contribution in [1.29, 1.82) is 0 Å². The maximum atomic E-state index is 14.8. The zero-order valence-electron chi connectivity index (χ0n) is 41.9.